The molecule has 1 aliphatic carbocycles. The van der Waals surface area contributed by atoms with E-state index in [0.717, 1.165) is 36.8 Å². The predicted octanol–water partition coefficient (Wildman–Crippen LogP) is 5.66. The van der Waals surface area contributed by atoms with E-state index in [1.807, 2.05) is 56.3 Å². The number of hydrogen-bond donors (Lipinski definition) is 1. The van der Waals surface area contributed by atoms with Gasteiger partial charge in [0.25, 0.3) is 5.91 Å². The summed E-state index contributed by atoms with van der Waals surface area (Å²) in [4.78, 5) is 29.4. The summed E-state index contributed by atoms with van der Waals surface area (Å²) < 4.78 is 10.8. The van der Waals surface area contributed by atoms with E-state index in [0.29, 0.717) is 28.3 Å². The highest BCUT2D eigenvalue weighted by molar-refractivity contribution is 6.10. The molecule has 1 aliphatic rings. The van der Waals surface area contributed by atoms with Gasteiger partial charge >= 0.3 is 0 Å². The molecule has 0 saturated heterocycles. The lowest BCUT2D eigenvalue weighted by atomic mass is 10.00. The molecule has 2 amide bonds. The first-order chi connectivity index (χ1) is 16.4. The van der Waals surface area contributed by atoms with E-state index >= 15 is 0 Å². The lowest BCUT2D eigenvalue weighted by molar-refractivity contribution is -0.123. The molecule has 34 heavy (non-hydrogen) atoms. The first-order valence-corrected chi connectivity index (χ1v) is 11.8. The Bertz CT molecular complexity index is 1160. The number of amides is 2. The van der Waals surface area contributed by atoms with Gasteiger partial charge in [-0.1, -0.05) is 31.0 Å². The smallest absolute Gasteiger partial charge is 0.262 e. The van der Waals surface area contributed by atoms with Crippen LogP contribution in [0.5, 0.6) is 5.75 Å². The van der Waals surface area contributed by atoms with Gasteiger partial charge in [0, 0.05) is 11.7 Å². The van der Waals surface area contributed by atoms with Gasteiger partial charge in [0.05, 0.1) is 18.9 Å². The number of hydrogen-bond acceptors (Lipinski definition) is 4. The quantitative estimate of drug-likeness (QED) is 0.494. The number of rotatable bonds is 7. The molecule has 6 heteroatoms. The van der Waals surface area contributed by atoms with Gasteiger partial charge in [-0.2, -0.15) is 0 Å². The Balaban J connectivity index is 1.84. The lowest BCUT2D eigenvalue weighted by Crippen LogP contribution is -2.46. The molecule has 1 atom stereocenters. The first kappa shape index (κ1) is 23.6. The highest BCUT2D eigenvalue weighted by Crippen LogP contribution is 2.33. The van der Waals surface area contributed by atoms with E-state index in [1.54, 1.807) is 25.0 Å². The van der Waals surface area contributed by atoms with Crippen LogP contribution in [0.1, 0.15) is 64.5 Å². The Morgan fingerprint density at radius 1 is 1.00 bits per heavy atom. The maximum atomic E-state index is 14.0. The van der Waals surface area contributed by atoms with Crippen LogP contribution in [0, 0.1) is 20.8 Å². The van der Waals surface area contributed by atoms with Gasteiger partial charge < -0.3 is 14.5 Å². The zero-order valence-corrected chi connectivity index (χ0v) is 20.3. The minimum Gasteiger partial charge on any atom is -0.497 e. The van der Waals surface area contributed by atoms with Crippen LogP contribution in [0.3, 0.4) is 0 Å². The average Bonchev–Trinajstić information content (AvgIpc) is 3.50. The average molecular weight is 461 g/mol. The van der Waals surface area contributed by atoms with Crippen LogP contribution < -0.4 is 15.0 Å². The fourth-order valence-electron chi connectivity index (χ4n) is 4.55. The van der Waals surface area contributed by atoms with Gasteiger partial charge in [0.15, 0.2) is 0 Å². The molecular formula is C28H32N2O4. The Labute approximate surface area is 200 Å². The second kappa shape index (κ2) is 10.2. The zero-order chi connectivity index (χ0) is 24.2. The molecule has 1 fully saturated rings. The van der Waals surface area contributed by atoms with Crippen molar-refractivity contribution in [1.82, 2.24) is 5.32 Å². The van der Waals surface area contributed by atoms with Gasteiger partial charge in [-0.05, 0) is 80.6 Å². The van der Waals surface area contributed by atoms with Gasteiger partial charge in [-0.15, -0.1) is 0 Å². The van der Waals surface area contributed by atoms with Crippen molar-refractivity contribution >= 4 is 17.5 Å². The summed E-state index contributed by atoms with van der Waals surface area (Å²) >= 11 is 0. The van der Waals surface area contributed by atoms with Crippen LogP contribution >= 0.6 is 0 Å². The molecule has 3 aromatic rings. The number of methoxy groups -OCH3 is 1. The van der Waals surface area contributed by atoms with Gasteiger partial charge in [0.1, 0.15) is 17.6 Å². The Kier molecular flexibility index (Phi) is 7.06. The Morgan fingerprint density at radius 3 is 2.29 bits per heavy atom. The summed E-state index contributed by atoms with van der Waals surface area (Å²) in [5.74, 6) is 0.735. The largest absolute Gasteiger partial charge is 0.497 e. The summed E-state index contributed by atoms with van der Waals surface area (Å²) in [6.45, 7) is 5.79. The van der Waals surface area contributed by atoms with Crippen molar-refractivity contribution in [2.45, 2.75) is 58.5 Å². The summed E-state index contributed by atoms with van der Waals surface area (Å²) in [7, 11) is 1.60. The van der Waals surface area contributed by atoms with Gasteiger partial charge in [0.2, 0.25) is 5.91 Å². The fraction of sp³-hybridized carbons (Fsp3) is 0.357. The third kappa shape index (κ3) is 4.86. The van der Waals surface area contributed by atoms with Gasteiger partial charge in [-0.25, -0.2) is 0 Å². The molecule has 1 N–H and O–H groups in total. The Morgan fingerprint density at radius 2 is 1.71 bits per heavy atom. The summed E-state index contributed by atoms with van der Waals surface area (Å²) in [5.41, 5.74) is 3.97. The van der Waals surface area contributed by atoms with Gasteiger partial charge in [-0.3, -0.25) is 14.5 Å². The lowest BCUT2D eigenvalue weighted by Gasteiger charge is -2.32. The molecule has 0 bridgehead atoms. The van der Waals surface area contributed by atoms with Crippen LogP contribution in [0.4, 0.5) is 5.69 Å². The van der Waals surface area contributed by atoms with Crippen LogP contribution in [0.2, 0.25) is 0 Å². The van der Waals surface area contributed by atoms with Crippen LogP contribution in [0.15, 0.2) is 59.2 Å². The summed E-state index contributed by atoms with van der Waals surface area (Å²) in [6, 6.07) is 14.1. The van der Waals surface area contributed by atoms with Crippen molar-refractivity contribution < 1.29 is 18.7 Å². The second-order valence-electron chi connectivity index (χ2n) is 9.00. The normalized spacial score (nSPS) is 14.6. The molecule has 1 aromatic heterocycles. The maximum Gasteiger partial charge on any atom is 0.262 e. The molecule has 4 rings (SSSR count). The number of aryl methyl sites for hydroxylation is 3. The fourth-order valence-corrected chi connectivity index (χ4v) is 4.55. The number of ether oxygens (including phenoxy) is 1. The van der Waals surface area contributed by atoms with Crippen molar-refractivity contribution in [2.24, 2.45) is 0 Å². The highest BCUT2D eigenvalue weighted by atomic mass is 16.5. The monoisotopic (exact) mass is 460 g/mol. The number of carbonyl (C=O) groups excluding carboxylic acids is 2. The topological polar surface area (TPSA) is 71.8 Å². The van der Waals surface area contributed by atoms with E-state index in [2.05, 4.69) is 5.32 Å². The number of nitrogens with one attached hydrogen (secondary N) is 1. The molecule has 1 saturated carbocycles. The third-order valence-corrected chi connectivity index (χ3v) is 6.72. The number of furan rings is 1. The summed E-state index contributed by atoms with van der Waals surface area (Å²) in [5, 5.41) is 3.21. The molecule has 178 valence electrons. The molecule has 6 nitrogen and oxygen atoms in total. The zero-order valence-electron chi connectivity index (χ0n) is 20.3. The molecule has 2 aromatic carbocycles. The standard InChI is InChI=1S/C28H32N2O4/c1-18-9-12-23(17-19(18)2)30(28(32)25-15-16-34-20(25)3)26(21-10-13-24(33-4)14-11-21)27(31)29-22-7-5-6-8-22/h9-17,22,26H,5-8H2,1-4H3,(H,29,31)/t26-/m0/s1. The summed E-state index contributed by atoms with van der Waals surface area (Å²) in [6.07, 6.45) is 5.62. The van der Waals surface area contributed by atoms with Crippen molar-refractivity contribution in [2.75, 3.05) is 12.0 Å². The van der Waals surface area contributed by atoms with Crippen molar-refractivity contribution in [3.63, 3.8) is 0 Å². The Hall–Kier alpha value is -3.54. The van der Waals surface area contributed by atoms with Crippen molar-refractivity contribution in [3.8, 4) is 5.75 Å². The highest BCUT2D eigenvalue weighted by Gasteiger charge is 2.36. The molecule has 0 spiro atoms. The maximum absolute atomic E-state index is 14.0. The minimum absolute atomic E-state index is 0.126. The van der Waals surface area contributed by atoms with E-state index in [9.17, 15) is 9.59 Å². The number of benzene rings is 2. The van der Waals surface area contributed by atoms with Crippen LogP contribution in [0.25, 0.3) is 0 Å². The van der Waals surface area contributed by atoms with Crippen molar-refractivity contribution in [3.05, 3.63) is 82.8 Å². The number of carbonyl (C=O) groups is 2. The number of anilines is 1. The first-order valence-electron chi connectivity index (χ1n) is 11.8. The second-order valence-corrected chi connectivity index (χ2v) is 9.00. The molecule has 1 heterocycles. The predicted molar refractivity (Wildman–Crippen MR) is 132 cm³/mol. The van der Waals surface area contributed by atoms with E-state index in [4.69, 9.17) is 9.15 Å². The van der Waals surface area contributed by atoms with E-state index in [-0.39, 0.29) is 17.9 Å². The van der Waals surface area contributed by atoms with Crippen molar-refractivity contribution in [1.29, 1.82) is 0 Å². The number of nitrogens with zero attached hydrogens (tertiary/aromatic N) is 1. The molecule has 0 radical (unpaired) electrons. The SMILES string of the molecule is COc1ccc([C@@H](C(=O)NC2CCCC2)N(C(=O)c2ccoc2C)c2ccc(C)c(C)c2)cc1. The minimum atomic E-state index is -0.851. The van der Waals surface area contributed by atoms with Crippen LogP contribution in [-0.4, -0.2) is 25.0 Å². The van der Waals surface area contributed by atoms with Crippen LogP contribution in [-0.2, 0) is 4.79 Å². The molecule has 0 unspecified atom stereocenters. The van der Waals surface area contributed by atoms with E-state index < -0.39 is 6.04 Å². The molecule has 0 aliphatic heterocycles. The van der Waals surface area contributed by atoms with E-state index in [1.165, 1.54) is 6.26 Å². The third-order valence-electron chi connectivity index (χ3n) is 6.72. The molecular weight excluding hydrogens is 428 g/mol.